The third-order valence-corrected chi connectivity index (χ3v) is 7.15. The Kier molecular flexibility index (Phi) is 5.73. The molecule has 0 aliphatic carbocycles. The van der Waals surface area contributed by atoms with Crippen molar-refractivity contribution in [3.63, 3.8) is 0 Å². The summed E-state index contributed by atoms with van der Waals surface area (Å²) >= 11 is 3.67. The maximum Gasteiger partial charge on any atom is 0.324 e. The van der Waals surface area contributed by atoms with Gasteiger partial charge in [-0.25, -0.2) is 4.99 Å². The second-order valence-electron chi connectivity index (χ2n) is 6.46. The van der Waals surface area contributed by atoms with Gasteiger partial charge in [-0.1, -0.05) is 12.1 Å². The molecule has 3 heterocycles. The van der Waals surface area contributed by atoms with Gasteiger partial charge in [0.05, 0.1) is 18.0 Å². The van der Waals surface area contributed by atoms with Gasteiger partial charge in [-0.05, 0) is 19.1 Å². The van der Waals surface area contributed by atoms with E-state index in [1.807, 2.05) is 24.8 Å². The van der Waals surface area contributed by atoms with Crippen molar-refractivity contribution >= 4 is 41.0 Å². The SMILES string of the molecule is CCOC(=O)C1CSC(N2CCN(C3=Nc4ccccc4SC3)CC2)N1. The molecule has 0 bridgehead atoms. The van der Waals surface area contributed by atoms with Gasteiger partial charge < -0.3 is 9.64 Å². The third kappa shape index (κ3) is 3.88. The fraction of sp³-hybridized carbons (Fsp3) is 0.556. The first kappa shape index (κ1) is 18.2. The Hall–Kier alpha value is -1.22. The first-order valence-corrected chi connectivity index (χ1v) is 11.1. The lowest BCUT2D eigenvalue weighted by Gasteiger charge is -2.39. The van der Waals surface area contributed by atoms with Crippen LogP contribution in [0.4, 0.5) is 5.69 Å². The summed E-state index contributed by atoms with van der Waals surface area (Å²) < 4.78 is 5.13. The average molecular weight is 393 g/mol. The zero-order valence-electron chi connectivity index (χ0n) is 14.9. The highest BCUT2D eigenvalue weighted by molar-refractivity contribution is 8.00. The second-order valence-corrected chi connectivity index (χ2v) is 8.59. The molecule has 4 rings (SSSR count). The summed E-state index contributed by atoms with van der Waals surface area (Å²) in [6.45, 7) is 6.20. The first-order valence-electron chi connectivity index (χ1n) is 9.07. The van der Waals surface area contributed by atoms with Crippen LogP contribution in [-0.4, -0.2) is 77.4 Å². The number of carbonyl (C=O) groups excluding carboxylic acids is 1. The van der Waals surface area contributed by atoms with Gasteiger partial charge in [0, 0.05) is 36.8 Å². The average Bonchev–Trinajstić information content (AvgIpc) is 3.18. The molecule has 0 amide bonds. The number of thioether (sulfide) groups is 2. The van der Waals surface area contributed by atoms with Crippen molar-refractivity contribution in [2.75, 3.05) is 44.3 Å². The van der Waals surface area contributed by atoms with Gasteiger partial charge in [0.2, 0.25) is 0 Å². The molecule has 3 aliphatic heterocycles. The van der Waals surface area contributed by atoms with E-state index in [1.54, 1.807) is 11.8 Å². The van der Waals surface area contributed by atoms with Crippen molar-refractivity contribution in [3.8, 4) is 0 Å². The molecule has 1 aromatic rings. The molecule has 26 heavy (non-hydrogen) atoms. The van der Waals surface area contributed by atoms with E-state index >= 15 is 0 Å². The van der Waals surface area contributed by atoms with Crippen LogP contribution in [-0.2, 0) is 9.53 Å². The number of rotatable bonds is 3. The molecule has 3 aliphatic rings. The minimum absolute atomic E-state index is 0.131. The van der Waals surface area contributed by atoms with Crippen LogP contribution in [0.25, 0.3) is 0 Å². The van der Waals surface area contributed by atoms with Crippen LogP contribution in [0.3, 0.4) is 0 Å². The predicted octanol–water partition coefficient (Wildman–Crippen LogP) is 1.99. The van der Waals surface area contributed by atoms with Gasteiger partial charge in [0.1, 0.15) is 17.4 Å². The Labute approximate surface area is 162 Å². The van der Waals surface area contributed by atoms with Crippen LogP contribution in [0.15, 0.2) is 34.2 Å². The van der Waals surface area contributed by atoms with Crippen molar-refractivity contribution < 1.29 is 9.53 Å². The van der Waals surface area contributed by atoms with E-state index in [1.165, 1.54) is 10.7 Å². The van der Waals surface area contributed by atoms with Crippen LogP contribution in [0, 0.1) is 0 Å². The number of carbonyl (C=O) groups is 1. The fourth-order valence-corrected chi connectivity index (χ4v) is 5.66. The number of ether oxygens (including phenoxy) is 1. The second kappa shape index (κ2) is 8.21. The molecular weight excluding hydrogens is 368 g/mol. The minimum atomic E-state index is -0.182. The van der Waals surface area contributed by atoms with Gasteiger partial charge >= 0.3 is 5.97 Å². The van der Waals surface area contributed by atoms with E-state index in [0.717, 1.165) is 43.4 Å². The predicted molar refractivity (Wildman–Crippen MR) is 107 cm³/mol. The van der Waals surface area contributed by atoms with Gasteiger partial charge in [0.25, 0.3) is 0 Å². The highest BCUT2D eigenvalue weighted by Gasteiger charge is 2.35. The number of hydrogen-bond acceptors (Lipinski definition) is 8. The van der Waals surface area contributed by atoms with Crippen LogP contribution < -0.4 is 5.32 Å². The third-order valence-electron chi connectivity index (χ3n) is 4.82. The first-order chi connectivity index (χ1) is 12.7. The molecule has 1 aromatic carbocycles. The number of para-hydroxylation sites is 1. The summed E-state index contributed by atoms with van der Waals surface area (Å²) in [6.07, 6.45) is 0. The normalized spacial score (nSPS) is 26.3. The van der Waals surface area contributed by atoms with Crippen LogP contribution in [0.1, 0.15) is 6.92 Å². The molecule has 8 heteroatoms. The maximum atomic E-state index is 11.9. The van der Waals surface area contributed by atoms with Crippen molar-refractivity contribution in [2.45, 2.75) is 23.4 Å². The molecule has 0 aromatic heterocycles. The van der Waals surface area contributed by atoms with Crippen molar-refractivity contribution in [1.82, 2.24) is 15.1 Å². The Morgan fingerprint density at radius 2 is 2.12 bits per heavy atom. The highest BCUT2D eigenvalue weighted by Crippen LogP contribution is 2.34. The molecular formula is C18H24N4O2S2. The maximum absolute atomic E-state index is 11.9. The lowest BCUT2D eigenvalue weighted by atomic mass is 10.3. The molecule has 0 spiro atoms. The lowest BCUT2D eigenvalue weighted by molar-refractivity contribution is -0.145. The van der Waals surface area contributed by atoms with Gasteiger partial charge in [-0.15, -0.1) is 23.5 Å². The number of fused-ring (bicyclic) bond motifs is 1. The van der Waals surface area contributed by atoms with Crippen molar-refractivity contribution in [2.24, 2.45) is 4.99 Å². The summed E-state index contributed by atoms with van der Waals surface area (Å²) in [5.41, 5.74) is 1.29. The molecule has 6 nitrogen and oxygen atoms in total. The number of benzene rings is 1. The van der Waals surface area contributed by atoms with Crippen molar-refractivity contribution in [3.05, 3.63) is 24.3 Å². The van der Waals surface area contributed by atoms with Gasteiger partial charge in [-0.3, -0.25) is 15.0 Å². The zero-order chi connectivity index (χ0) is 17.9. The molecule has 1 N–H and O–H groups in total. The molecule has 2 atom stereocenters. The summed E-state index contributed by atoms with van der Waals surface area (Å²) in [7, 11) is 0. The van der Waals surface area contributed by atoms with Crippen LogP contribution >= 0.6 is 23.5 Å². The zero-order valence-corrected chi connectivity index (χ0v) is 16.5. The quantitative estimate of drug-likeness (QED) is 0.790. The number of piperazine rings is 1. The smallest absolute Gasteiger partial charge is 0.324 e. The summed E-state index contributed by atoms with van der Waals surface area (Å²) in [4.78, 5) is 22.9. The van der Waals surface area contributed by atoms with Crippen LogP contribution in [0.5, 0.6) is 0 Å². The Balaban J connectivity index is 1.31. The largest absolute Gasteiger partial charge is 0.465 e. The lowest BCUT2D eigenvalue weighted by Crippen LogP contribution is -2.55. The van der Waals surface area contributed by atoms with E-state index in [4.69, 9.17) is 9.73 Å². The van der Waals surface area contributed by atoms with E-state index < -0.39 is 0 Å². The number of aliphatic imine (C=N–C) groups is 1. The molecule has 2 unspecified atom stereocenters. The molecule has 2 fully saturated rings. The number of nitrogens with zero attached hydrogens (tertiary/aromatic N) is 3. The van der Waals surface area contributed by atoms with E-state index in [0.29, 0.717) is 6.61 Å². The standard InChI is InChI=1S/C18H24N4O2S2/c1-2-24-17(23)14-11-26-18(20-14)22-9-7-21(8-10-22)16-12-25-15-6-4-3-5-13(15)19-16/h3-6,14,18,20H,2,7-12H2,1H3. The van der Waals surface area contributed by atoms with Gasteiger partial charge in [0.15, 0.2) is 0 Å². The molecule has 0 saturated carbocycles. The molecule has 0 radical (unpaired) electrons. The summed E-state index contributed by atoms with van der Waals surface area (Å²) in [6, 6.07) is 8.17. The monoisotopic (exact) mass is 392 g/mol. The van der Waals surface area contributed by atoms with Crippen LogP contribution in [0.2, 0.25) is 0 Å². The highest BCUT2D eigenvalue weighted by atomic mass is 32.2. The Bertz CT molecular complexity index is 692. The number of hydrogen-bond donors (Lipinski definition) is 1. The summed E-state index contributed by atoms with van der Waals surface area (Å²) in [5.74, 6) is 2.78. The number of nitrogens with one attached hydrogen (secondary N) is 1. The summed E-state index contributed by atoms with van der Waals surface area (Å²) in [5, 5.41) is 3.41. The number of amidine groups is 1. The van der Waals surface area contributed by atoms with E-state index in [2.05, 4.69) is 33.3 Å². The fourth-order valence-electron chi connectivity index (χ4n) is 3.41. The Morgan fingerprint density at radius 1 is 1.31 bits per heavy atom. The minimum Gasteiger partial charge on any atom is -0.465 e. The van der Waals surface area contributed by atoms with Gasteiger partial charge in [-0.2, -0.15) is 0 Å². The topological polar surface area (TPSA) is 57.2 Å². The van der Waals surface area contributed by atoms with E-state index in [9.17, 15) is 4.79 Å². The molecule has 140 valence electrons. The molecule has 2 saturated heterocycles. The van der Waals surface area contributed by atoms with E-state index in [-0.39, 0.29) is 17.5 Å². The Morgan fingerprint density at radius 3 is 2.92 bits per heavy atom. The number of esters is 1. The van der Waals surface area contributed by atoms with Crippen molar-refractivity contribution in [1.29, 1.82) is 0 Å².